The van der Waals surface area contributed by atoms with Gasteiger partial charge in [0.1, 0.15) is 0 Å². The Morgan fingerprint density at radius 3 is 2.94 bits per heavy atom. The standard InChI is InChI=1S/C15H17ClN2/c1-3-17-15-10-5-4-6-13(10)18-14-9(2)12(16)8-7-11(14)15/h7-8H,3-6H2,1-2H3,(H,17,18). The van der Waals surface area contributed by atoms with Crippen molar-refractivity contribution in [3.8, 4) is 0 Å². The van der Waals surface area contributed by atoms with Crippen LogP contribution in [-0.4, -0.2) is 11.5 Å². The molecular weight excluding hydrogens is 244 g/mol. The predicted octanol–water partition coefficient (Wildman–Crippen LogP) is 4.12. The van der Waals surface area contributed by atoms with Crippen molar-refractivity contribution in [3.63, 3.8) is 0 Å². The third-order valence-electron chi connectivity index (χ3n) is 3.73. The second-order valence-electron chi connectivity index (χ2n) is 4.86. The summed E-state index contributed by atoms with van der Waals surface area (Å²) in [6, 6.07) is 4.07. The number of hydrogen-bond donors (Lipinski definition) is 1. The Morgan fingerprint density at radius 1 is 1.33 bits per heavy atom. The van der Waals surface area contributed by atoms with Crippen molar-refractivity contribution in [3.05, 3.63) is 34.0 Å². The molecule has 2 aromatic rings. The molecule has 3 heteroatoms. The number of aromatic nitrogens is 1. The van der Waals surface area contributed by atoms with Gasteiger partial charge in [-0.05, 0) is 56.4 Å². The summed E-state index contributed by atoms with van der Waals surface area (Å²) in [7, 11) is 0. The molecule has 0 saturated carbocycles. The Morgan fingerprint density at radius 2 is 2.17 bits per heavy atom. The van der Waals surface area contributed by atoms with Gasteiger partial charge in [0.15, 0.2) is 0 Å². The van der Waals surface area contributed by atoms with Gasteiger partial charge in [-0.15, -0.1) is 0 Å². The highest BCUT2D eigenvalue weighted by atomic mass is 35.5. The molecule has 3 rings (SSSR count). The zero-order valence-electron chi connectivity index (χ0n) is 10.8. The minimum Gasteiger partial charge on any atom is -0.384 e. The number of halogens is 1. The van der Waals surface area contributed by atoms with E-state index >= 15 is 0 Å². The van der Waals surface area contributed by atoms with Crippen LogP contribution in [0.4, 0.5) is 5.69 Å². The normalized spacial score (nSPS) is 13.9. The maximum absolute atomic E-state index is 6.21. The second-order valence-corrected chi connectivity index (χ2v) is 5.27. The van der Waals surface area contributed by atoms with E-state index in [0.29, 0.717) is 0 Å². The zero-order valence-corrected chi connectivity index (χ0v) is 11.6. The quantitative estimate of drug-likeness (QED) is 0.879. The van der Waals surface area contributed by atoms with Crippen molar-refractivity contribution in [2.75, 3.05) is 11.9 Å². The highest BCUT2D eigenvalue weighted by Crippen LogP contribution is 2.36. The van der Waals surface area contributed by atoms with E-state index in [9.17, 15) is 0 Å². The molecule has 0 aliphatic heterocycles. The van der Waals surface area contributed by atoms with Crippen LogP contribution in [0.25, 0.3) is 10.9 Å². The molecule has 1 N–H and O–H groups in total. The monoisotopic (exact) mass is 260 g/mol. The summed E-state index contributed by atoms with van der Waals surface area (Å²) < 4.78 is 0. The summed E-state index contributed by atoms with van der Waals surface area (Å²) in [6.45, 7) is 5.12. The minimum absolute atomic E-state index is 0.801. The van der Waals surface area contributed by atoms with Crippen molar-refractivity contribution in [2.45, 2.75) is 33.1 Å². The van der Waals surface area contributed by atoms with Crippen molar-refractivity contribution in [1.82, 2.24) is 4.98 Å². The van der Waals surface area contributed by atoms with Crippen LogP contribution in [0.5, 0.6) is 0 Å². The molecule has 0 radical (unpaired) electrons. The number of aryl methyl sites for hydroxylation is 2. The largest absolute Gasteiger partial charge is 0.384 e. The SMILES string of the molecule is CCNc1c2c(nc3c(C)c(Cl)ccc13)CCC2. The van der Waals surface area contributed by atoms with Crippen LogP contribution in [0.3, 0.4) is 0 Å². The Labute approximate surface area is 112 Å². The molecular formula is C15H17ClN2. The molecule has 0 saturated heterocycles. The van der Waals surface area contributed by atoms with E-state index in [-0.39, 0.29) is 0 Å². The summed E-state index contributed by atoms with van der Waals surface area (Å²) >= 11 is 6.21. The summed E-state index contributed by atoms with van der Waals surface area (Å²) in [5.74, 6) is 0. The van der Waals surface area contributed by atoms with Crippen molar-refractivity contribution in [1.29, 1.82) is 0 Å². The summed E-state index contributed by atoms with van der Waals surface area (Å²) in [5, 5.41) is 5.52. The van der Waals surface area contributed by atoms with E-state index in [1.165, 1.54) is 28.8 Å². The van der Waals surface area contributed by atoms with Gasteiger partial charge in [0.2, 0.25) is 0 Å². The van der Waals surface area contributed by atoms with Crippen molar-refractivity contribution in [2.24, 2.45) is 0 Å². The van der Waals surface area contributed by atoms with Crippen molar-refractivity contribution >= 4 is 28.2 Å². The first-order valence-electron chi connectivity index (χ1n) is 6.56. The third-order valence-corrected chi connectivity index (χ3v) is 4.13. The highest BCUT2D eigenvalue weighted by Gasteiger charge is 2.20. The summed E-state index contributed by atoms with van der Waals surface area (Å²) in [5.41, 5.74) is 6.08. The van der Waals surface area contributed by atoms with E-state index in [1.807, 2.05) is 6.07 Å². The van der Waals surface area contributed by atoms with Crippen LogP contribution in [0.1, 0.15) is 30.2 Å². The van der Waals surface area contributed by atoms with Gasteiger partial charge in [-0.3, -0.25) is 4.98 Å². The molecule has 0 amide bonds. The van der Waals surface area contributed by atoms with Crippen LogP contribution < -0.4 is 5.32 Å². The fourth-order valence-corrected chi connectivity index (χ4v) is 2.97. The fourth-order valence-electron chi connectivity index (χ4n) is 2.82. The number of rotatable bonds is 2. The predicted molar refractivity (Wildman–Crippen MR) is 77.7 cm³/mol. The molecule has 0 atom stereocenters. The third kappa shape index (κ3) is 1.67. The van der Waals surface area contributed by atoms with Crippen LogP contribution in [0, 0.1) is 6.92 Å². The number of fused-ring (bicyclic) bond motifs is 2. The molecule has 0 fully saturated rings. The maximum Gasteiger partial charge on any atom is 0.0770 e. The number of anilines is 1. The van der Waals surface area contributed by atoms with E-state index in [2.05, 4.69) is 25.2 Å². The fraction of sp³-hybridized carbons (Fsp3) is 0.400. The first kappa shape index (κ1) is 11.8. The molecule has 0 unspecified atom stereocenters. The first-order chi connectivity index (χ1) is 8.72. The molecule has 1 heterocycles. The molecule has 1 aliphatic carbocycles. The number of benzene rings is 1. The lowest BCUT2D eigenvalue weighted by atomic mass is 10.0. The Balaban J connectivity index is 2.37. The molecule has 0 bridgehead atoms. The van der Waals surface area contributed by atoms with Gasteiger partial charge in [-0.2, -0.15) is 0 Å². The zero-order chi connectivity index (χ0) is 12.7. The molecule has 94 valence electrons. The van der Waals surface area contributed by atoms with Crippen LogP contribution in [0.15, 0.2) is 12.1 Å². The number of nitrogens with zero attached hydrogens (tertiary/aromatic N) is 1. The first-order valence-corrected chi connectivity index (χ1v) is 6.94. The van der Waals surface area contributed by atoms with Gasteiger partial charge in [0.25, 0.3) is 0 Å². The van der Waals surface area contributed by atoms with Crippen LogP contribution in [-0.2, 0) is 12.8 Å². The lowest BCUT2D eigenvalue weighted by Crippen LogP contribution is -2.04. The topological polar surface area (TPSA) is 24.9 Å². The molecule has 1 aromatic heterocycles. The Kier molecular flexibility index (Phi) is 2.90. The minimum atomic E-state index is 0.801. The van der Waals surface area contributed by atoms with Gasteiger partial charge in [0.05, 0.1) is 5.52 Å². The average Bonchev–Trinajstić information content (AvgIpc) is 2.82. The molecule has 1 aliphatic rings. The van der Waals surface area contributed by atoms with Gasteiger partial charge in [-0.1, -0.05) is 11.6 Å². The number of hydrogen-bond acceptors (Lipinski definition) is 2. The van der Waals surface area contributed by atoms with E-state index in [1.54, 1.807) is 0 Å². The van der Waals surface area contributed by atoms with Crippen LogP contribution in [0.2, 0.25) is 5.02 Å². The molecule has 18 heavy (non-hydrogen) atoms. The summed E-state index contributed by atoms with van der Waals surface area (Å²) in [4.78, 5) is 4.83. The molecule has 1 aromatic carbocycles. The lowest BCUT2D eigenvalue weighted by molar-refractivity contribution is 0.901. The van der Waals surface area contributed by atoms with E-state index in [0.717, 1.165) is 35.5 Å². The maximum atomic E-state index is 6.21. The Bertz CT molecular complexity index is 620. The van der Waals surface area contributed by atoms with Crippen molar-refractivity contribution < 1.29 is 0 Å². The molecule has 0 spiro atoms. The number of nitrogens with one attached hydrogen (secondary N) is 1. The highest BCUT2D eigenvalue weighted by molar-refractivity contribution is 6.32. The lowest BCUT2D eigenvalue weighted by Gasteiger charge is -2.15. The van der Waals surface area contributed by atoms with Gasteiger partial charge in [-0.25, -0.2) is 0 Å². The van der Waals surface area contributed by atoms with Gasteiger partial charge >= 0.3 is 0 Å². The summed E-state index contributed by atoms with van der Waals surface area (Å²) in [6.07, 6.45) is 3.45. The Hall–Kier alpha value is -1.28. The van der Waals surface area contributed by atoms with Crippen LogP contribution >= 0.6 is 11.6 Å². The second kappa shape index (κ2) is 4.43. The van der Waals surface area contributed by atoms with Gasteiger partial charge < -0.3 is 5.32 Å². The van der Waals surface area contributed by atoms with Gasteiger partial charge in [0, 0.05) is 28.3 Å². The average molecular weight is 261 g/mol. The van der Waals surface area contributed by atoms with E-state index < -0.39 is 0 Å². The number of pyridine rings is 1. The smallest absolute Gasteiger partial charge is 0.0770 e. The molecule has 2 nitrogen and oxygen atoms in total. The van der Waals surface area contributed by atoms with E-state index in [4.69, 9.17) is 16.6 Å².